The summed E-state index contributed by atoms with van der Waals surface area (Å²) in [7, 11) is 0. The maximum atomic E-state index is 14.5. The number of nitrogens with zero attached hydrogens (tertiary/aromatic N) is 5. The summed E-state index contributed by atoms with van der Waals surface area (Å²) in [4.78, 5) is 18.4. The van der Waals surface area contributed by atoms with Gasteiger partial charge in [0.15, 0.2) is 0 Å². The van der Waals surface area contributed by atoms with Crippen molar-refractivity contribution in [2.24, 2.45) is 4.99 Å². The monoisotopic (exact) mass is 444 g/mol. The van der Waals surface area contributed by atoms with Crippen molar-refractivity contribution < 1.29 is 4.39 Å². The Bertz CT molecular complexity index is 1440. The Balaban J connectivity index is 1.41. The van der Waals surface area contributed by atoms with Crippen molar-refractivity contribution in [1.29, 1.82) is 0 Å². The van der Waals surface area contributed by atoms with E-state index in [0.717, 1.165) is 59.0 Å². The van der Waals surface area contributed by atoms with Gasteiger partial charge in [-0.15, -0.1) is 0 Å². The largest absolute Gasteiger partial charge is 0.356 e. The Hall–Kier alpha value is -3.58. The smallest absolute Gasteiger partial charge is 0.203 e. The number of pyridine rings is 2. The van der Waals surface area contributed by atoms with Gasteiger partial charge in [0.05, 0.1) is 40.9 Å². The van der Waals surface area contributed by atoms with E-state index in [1.54, 1.807) is 6.07 Å². The van der Waals surface area contributed by atoms with Gasteiger partial charge in [-0.1, -0.05) is 17.7 Å². The van der Waals surface area contributed by atoms with Crippen molar-refractivity contribution in [2.75, 3.05) is 18.4 Å². The third-order valence-electron chi connectivity index (χ3n) is 5.79. The highest BCUT2D eigenvalue weighted by Crippen LogP contribution is 2.30. The standard InChI is InChI=1S/C24H18ClFN6/c25-15-2-3-18(26)17(11-15)23-16(6-8-27-23)19-4-5-20-21(31-19)10-14(12-29-20)22-13-30-24-28-7-1-9-32(22)24/h2-6,10-13H,1,7-9H2,(H,28,30). The predicted molar refractivity (Wildman–Crippen MR) is 125 cm³/mol. The van der Waals surface area contributed by atoms with Crippen LogP contribution in [0, 0.1) is 5.82 Å². The van der Waals surface area contributed by atoms with Crippen molar-refractivity contribution in [2.45, 2.75) is 13.0 Å². The molecular weight excluding hydrogens is 427 g/mol. The van der Waals surface area contributed by atoms with Crippen molar-refractivity contribution >= 4 is 39.9 Å². The fraction of sp³-hybridized carbons (Fsp3) is 0.167. The Labute approximate surface area is 188 Å². The molecule has 0 spiro atoms. The second-order valence-electron chi connectivity index (χ2n) is 7.79. The fourth-order valence-electron chi connectivity index (χ4n) is 4.25. The minimum Gasteiger partial charge on any atom is -0.356 e. The van der Waals surface area contributed by atoms with Crippen molar-refractivity contribution in [1.82, 2.24) is 19.5 Å². The van der Waals surface area contributed by atoms with Gasteiger partial charge in [-0.25, -0.2) is 14.4 Å². The van der Waals surface area contributed by atoms with Crippen molar-refractivity contribution in [3.63, 3.8) is 0 Å². The number of fused-ring (bicyclic) bond motifs is 2. The van der Waals surface area contributed by atoms with Crippen LogP contribution in [0.2, 0.25) is 5.02 Å². The molecule has 8 heteroatoms. The van der Waals surface area contributed by atoms with Crippen molar-refractivity contribution in [3.8, 4) is 11.3 Å². The van der Waals surface area contributed by atoms with Gasteiger partial charge < -0.3 is 9.88 Å². The van der Waals surface area contributed by atoms with Crippen LogP contribution in [0.15, 0.2) is 59.9 Å². The first-order chi connectivity index (χ1) is 15.7. The molecule has 0 aliphatic carbocycles. The van der Waals surface area contributed by atoms with Gasteiger partial charge in [0.25, 0.3) is 0 Å². The Morgan fingerprint density at radius 3 is 2.91 bits per heavy atom. The number of aliphatic imine (C=N–C) groups is 1. The maximum Gasteiger partial charge on any atom is 0.203 e. The van der Waals surface area contributed by atoms with E-state index in [-0.39, 0.29) is 5.82 Å². The van der Waals surface area contributed by atoms with Crippen LogP contribution in [-0.4, -0.2) is 38.3 Å². The zero-order chi connectivity index (χ0) is 21.7. The van der Waals surface area contributed by atoms with Gasteiger partial charge >= 0.3 is 0 Å². The Morgan fingerprint density at radius 1 is 1.03 bits per heavy atom. The molecule has 6 nitrogen and oxygen atoms in total. The van der Waals surface area contributed by atoms with Gasteiger partial charge in [-0.3, -0.25) is 9.98 Å². The number of rotatable bonds is 3. The van der Waals surface area contributed by atoms with E-state index in [9.17, 15) is 4.39 Å². The molecule has 4 aromatic rings. The summed E-state index contributed by atoms with van der Waals surface area (Å²) in [6.07, 6.45) is 6.73. The average molecular weight is 445 g/mol. The minimum absolute atomic E-state index is 0.357. The molecule has 32 heavy (non-hydrogen) atoms. The van der Waals surface area contributed by atoms with E-state index in [1.807, 2.05) is 36.7 Å². The van der Waals surface area contributed by atoms with E-state index in [1.165, 1.54) is 12.1 Å². The zero-order valence-corrected chi connectivity index (χ0v) is 17.8. The first-order valence-corrected chi connectivity index (χ1v) is 10.8. The molecular formula is C24H18ClFN6. The zero-order valence-electron chi connectivity index (χ0n) is 17.0. The fourth-order valence-corrected chi connectivity index (χ4v) is 4.42. The highest BCUT2D eigenvalue weighted by molar-refractivity contribution is 6.35. The number of aromatic nitrogens is 4. The van der Waals surface area contributed by atoms with Crippen molar-refractivity contribution in [3.05, 3.63) is 77.0 Å². The first kappa shape index (κ1) is 19.1. The molecule has 0 bridgehead atoms. The lowest BCUT2D eigenvalue weighted by Gasteiger charge is -2.17. The average Bonchev–Trinajstić information content (AvgIpc) is 3.47. The summed E-state index contributed by atoms with van der Waals surface area (Å²) in [5.74, 6) is 0.526. The number of nitrogens with one attached hydrogen (secondary N) is 1. The summed E-state index contributed by atoms with van der Waals surface area (Å²) in [6, 6.07) is 10.4. The van der Waals surface area contributed by atoms with E-state index < -0.39 is 0 Å². The molecule has 0 amide bonds. The number of hydrogen-bond donors (Lipinski definition) is 1. The van der Waals surface area contributed by atoms with E-state index >= 15 is 0 Å². The minimum atomic E-state index is -0.357. The lowest BCUT2D eigenvalue weighted by molar-refractivity contribution is 0.625. The van der Waals surface area contributed by atoms with Gasteiger partial charge in [0, 0.05) is 41.0 Å². The first-order valence-electron chi connectivity index (χ1n) is 10.4. The highest BCUT2D eigenvalue weighted by atomic mass is 35.5. The second-order valence-corrected chi connectivity index (χ2v) is 8.23. The Kier molecular flexibility index (Phi) is 4.50. The third-order valence-corrected chi connectivity index (χ3v) is 6.02. The molecule has 0 saturated heterocycles. The predicted octanol–water partition coefficient (Wildman–Crippen LogP) is 4.99. The van der Waals surface area contributed by atoms with Crippen LogP contribution in [0.25, 0.3) is 27.9 Å². The molecule has 6 rings (SSSR count). The normalized spacial score (nSPS) is 15.3. The van der Waals surface area contributed by atoms with E-state index in [4.69, 9.17) is 16.6 Å². The van der Waals surface area contributed by atoms with Gasteiger partial charge in [-0.2, -0.15) is 0 Å². The van der Waals surface area contributed by atoms with Crippen LogP contribution in [-0.2, 0) is 6.54 Å². The van der Waals surface area contributed by atoms with Gasteiger partial charge in [-0.05, 0) is 42.8 Å². The molecule has 0 unspecified atom stereocenters. The van der Waals surface area contributed by atoms with Crippen LogP contribution in [0.4, 0.5) is 10.3 Å². The van der Waals surface area contributed by atoms with Crippen LogP contribution < -0.4 is 5.32 Å². The number of halogens is 2. The van der Waals surface area contributed by atoms with Crippen LogP contribution in [0.5, 0.6) is 0 Å². The van der Waals surface area contributed by atoms with Crippen LogP contribution >= 0.6 is 11.6 Å². The number of imidazole rings is 1. The van der Waals surface area contributed by atoms with Crippen LogP contribution in [0.3, 0.4) is 0 Å². The molecule has 0 fully saturated rings. The molecule has 3 aromatic heterocycles. The molecule has 1 N–H and O–H groups in total. The highest BCUT2D eigenvalue weighted by Gasteiger charge is 2.21. The number of benzene rings is 1. The van der Waals surface area contributed by atoms with E-state index in [2.05, 4.69) is 24.8 Å². The van der Waals surface area contributed by atoms with Gasteiger partial charge in [0.2, 0.25) is 5.95 Å². The molecule has 158 valence electrons. The number of hydrogen-bond acceptors (Lipinski definition) is 5. The molecule has 2 aliphatic rings. The van der Waals surface area contributed by atoms with E-state index in [0.29, 0.717) is 22.8 Å². The van der Waals surface area contributed by atoms with Crippen LogP contribution in [0.1, 0.15) is 17.7 Å². The topological polar surface area (TPSA) is 68.0 Å². The van der Waals surface area contributed by atoms with Gasteiger partial charge in [0.1, 0.15) is 5.82 Å². The molecule has 1 aromatic carbocycles. The third kappa shape index (κ3) is 3.17. The number of anilines is 1. The summed E-state index contributed by atoms with van der Waals surface area (Å²) in [5, 5.41) is 3.79. The number of allylic oxidation sites excluding steroid dienone is 1. The summed E-state index contributed by atoms with van der Waals surface area (Å²) in [6.45, 7) is 2.33. The molecule has 2 aliphatic heterocycles. The summed E-state index contributed by atoms with van der Waals surface area (Å²) < 4.78 is 16.7. The lowest BCUT2D eigenvalue weighted by atomic mass is 9.99. The summed E-state index contributed by atoms with van der Waals surface area (Å²) in [5.41, 5.74) is 5.99. The molecule has 0 saturated carbocycles. The molecule has 5 heterocycles. The summed E-state index contributed by atoms with van der Waals surface area (Å²) >= 11 is 6.11. The SMILES string of the molecule is Fc1ccc(Cl)cc1C1=NCC=C1c1ccc2ncc(-c3cnc4n3CCCN4)cc2n1. The quantitative estimate of drug-likeness (QED) is 0.483. The molecule has 0 atom stereocenters. The Morgan fingerprint density at radius 2 is 1.97 bits per heavy atom. The second kappa shape index (κ2) is 7.53. The lowest BCUT2D eigenvalue weighted by Crippen LogP contribution is -2.17. The maximum absolute atomic E-state index is 14.5. The molecule has 0 radical (unpaired) electrons.